The molecule has 0 aliphatic heterocycles. The second-order valence-corrected chi connectivity index (χ2v) is 3.15. The number of hydrogen-bond donors (Lipinski definition) is 1. The first kappa shape index (κ1) is 12.2. The van der Waals surface area contributed by atoms with Gasteiger partial charge in [-0.3, -0.25) is 14.9 Å². The Labute approximate surface area is 93.0 Å². The fourth-order valence-electron chi connectivity index (χ4n) is 1.04. The van der Waals surface area contributed by atoms with Crippen LogP contribution in [0.15, 0.2) is 10.7 Å². The summed E-state index contributed by atoms with van der Waals surface area (Å²) in [7, 11) is 0. The smallest absolute Gasteiger partial charge is 0.306 e. The number of esters is 1. The van der Waals surface area contributed by atoms with Gasteiger partial charge in [0.15, 0.2) is 0 Å². The van der Waals surface area contributed by atoms with Gasteiger partial charge in [-0.25, -0.2) is 0 Å². The fraction of sp³-hybridized carbons (Fsp3) is 0.500. The van der Waals surface area contributed by atoms with E-state index in [1.807, 2.05) is 0 Å². The van der Waals surface area contributed by atoms with Crippen molar-refractivity contribution in [3.05, 3.63) is 12.0 Å². The molecular formula is C10H14N2O4. The molecule has 0 spiro atoms. The number of ether oxygens (including phenoxy) is 1. The Hall–Kier alpha value is -1.85. The predicted molar refractivity (Wildman–Crippen MR) is 55.7 cm³/mol. The van der Waals surface area contributed by atoms with Crippen LogP contribution < -0.4 is 5.32 Å². The van der Waals surface area contributed by atoms with E-state index in [4.69, 9.17) is 4.42 Å². The maximum absolute atomic E-state index is 11.3. The number of amides is 1. The van der Waals surface area contributed by atoms with Crippen molar-refractivity contribution in [1.82, 2.24) is 4.98 Å². The molecule has 0 atom stereocenters. The molecule has 1 rings (SSSR count). The van der Waals surface area contributed by atoms with E-state index in [0.29, 0.717) is 12.3 Å². The molecule has 0 saturated carbocycles. The molecule has 1 aromatic rings. The summed E-state index contributed by atoms with van der Waals surface area (Å²) in [6.45, 7) is 3.78. The number of carbonyl (C=O) groups excluding carboxylic acids is 2. The highest BCUT2D eigenvalue weighted by atomic mass is 16.5. The topological polar surface area (TPSA) is 81.4 Å². The maximum Gasteiger partial charge on any atom is 0.306 e. The molecule has 0 aromatic carbocycles. The van der Waals surface area contributed by atoms with Gasteiger partial charge in [0.25, 0.3) is 0 Å². The Kier molecular flexibility index (Phi) is 4.50. The van der Waals surface area contributed by atoms with Crippen LogP contribution in [0.1, 0.15) is 25.5 Å². The number of aryl methyl sites for hydroxylation is 1. The van der Waals surface area contributed by atoms with Crippen LogP contribution in [0, 0.1) is 6.92 Å². The first-order valence-corrected chi connectivity index (χ1v) is 4.99. The van der Waals surface area contributed by atoms with Crippen molar-refractivity contribution < 1.29 is 18.7 Å². The Morgan fingerprint density at radius 2 is 2.25 bits per heavy atom. The zero-order valence-electron chi connectivity index (χ0n) is 9.28. The number of rotatable bonds is 5. The number of oxazole rings is 1. The highest BCUT2D eigenvalue weighted by molar-refractivity contribution is 5.90. The van der Waals surface area contributed by atoms with Crippen LogP contribution in [-0.2, 0) is 14.3 Å². The monoisotopic (exact) mass is 226 g/mol. The molecule has 6 heteroatoms. The van der Waals surface area contributed by atoms with Gasteiger partial charge in [-0.15, -0.1) is 0 Å². The van der Waals surface area contributed by atoms with E-state index in [9.17, 15) is 9.59 Å². The van der Waals surface area contributed by atoms with E-state index < -0.39 is 0 Å². The molecule has 6 nitrogen and oxygen atoms in total. The van der Waals surface area contributed by atoms with Crippen molar-refractivity contribution in [2.75, 3.05) is 11.9 Å². The molecule has 0 radical (unpaired) electrons. The van der Waals surface area contributed by atoms with Crippen molar-refractivity contribution in [3.8, 4) is 0 Å². The molecule has 1 heterocycles. The first-order chi connectivity index (χ1) is 7.61. The van der Waals surface area contributed by atoms with E-state index in [2.05, 4.69) is 15.0 Å². The van der Waals surface area contributed by atoms with Crippen molar-refractivity contribution in [3.63, 3.8) is 0 Å². The average Bonchev–Trinajstić information content (AvgIpc) is 2.61. The lowest BCUT2D eigenvalue weighted by Gasteiger charge is -2.01. The molecule has 0 saturated heterocycles. The molecule has 0 bridgehead atoms. The van der Waals surface area contributed by atoms with Crippen LogP contribution in [0.25, 0.3) is 0 Å². The van der Waals surface area contributed by atoms with E-state index in [1.165, 1.54) is 6.26 Å². The van der Waals surface area contributed by atoms with Gasteiger partial charge >= 0.3 is 12.0 Å². The summed E-state index contributed by atoms with van der Waals surface area (Å²) in [5.41, 5.74) is 0.681. The number of aromatic nitrogens is 1. The van der Waals surface area contributed by atoms with Crippen molar-refractivity contribution in [2.45, 2.75) is 26.7 Å². The second-order valence-electron chi connectivity index (χ2n) is 3.15. The molecule has 0 unspecified atom stereocenters. The summed E-state index contributed by atoms with van der Waals surface area (Å²) in [4.78, 5) is 26.2. The molecule has 1 aromatic heterocycles. The Morgan fingerprint density at radius 3 is 2.81 bits per heavy atom. The van der Waals surface area contributed by atoms with Crippen LogP contribution in [0.3, 0.4) is 0 Å². The van der Waals surface area contributed by atoms with Gasteiger partial charge in [0, 0.05) is 6.42 Å². The Morgan fingerprint density at radius 1 is 1.50 bits per heavy atom. The van der Waals surface area contributed by atoms with Gasteiger partial charge in [0.05, 0.1) is 18.7 Å². The normalized spacial score (nSPS) is 9.88. The van der Waals surface area contributed by atoms with Crippen molar-refractivity contribution >= 4 is 17.9 Å². The van der Waals surface area contributed by atoms with E-state index in [0.717, 1.165) is 0 Å². The third kappa shape index (κ3) is 4.12. The predicted octanol–water partition coefficient (Wildman–Crippen LogP) is 1.26. The first-order valence-electron chi connectivity index (χ1n) is 4.99. The molecule has 1 N–H and O–H groups in total. The quantitative estimate of drug-likeness (QED) is 0.764. The zero-order valence-corrected chi connectivity index (χ0v) is 9.28. The highest BCUT2D eigenvalue weighted by Gasteiger charge is 2.09. The molecule has 0 fully saturated rings. The summed E-state index contributed by atoms with van der Waals surface area (Å²) in [5.74, 6) is -0.712. The SMILES string of the molecule is CCOC(=O)CCC(=O)Nc1nc(C)co1. The Balaban J connectivity index is 2.28. The fourth-order valence-corrected chi connectivity index (χ4v) is 1.04. The van der Waals surface area contributed by atoms with Crippen LogP contribution in [0.4, 0.5) is 6.01 Å². The van der Waals surface area contributed by atoms with Crippen LogP contribution >= 0.6 is 0 Å². The van der Waals surface area contributed by atoms with E-state index in [-0.39, 0.29) is 30.7 Å². The van der Waals surface area contributed by atoms with Gasteiger partial charge < -0.3 is 9.15 Å². The third-order valence-electron chi connectivity index (χ3n) is 1.73. The average molecular weight is 226 g/mol. The van der Waals surface area contributed by atoms with Gasteiger partial charge in [0.1, 0.15) is 6.26 Å². The molecular weight excluding hydrogens is 212 g/mol. The Bertz CT molecular complexity index is 373. The van der Waals surface area contributed by atoms with Crippen molar-refractivity contribution in [1.29, 1.82) is 0 Å². The molecule has 1 amide bonds. The zero-order chi connectivity index (χ0) is 12.0. The third-order valence-corrected chi connectivity index (χ3v) is 1.73. The van der Waals surface area contributed by atoms with Crippen molar-refractivity contribution in [2.24, 2.45) is 0 Å². The highest BCUT2D eigenvalue weighted by Crippen LogP contribution is 2.06. The molecule has 88 valence electrons. The summed E-state index contributed by atoms with van der Waals surface area (Å²) < 4.78 is 9.62. The summed E-state index contributed by atoms with van der Waals surface area (Å²) in [6.07, 6.45) is 1.54. The van der Waals surface area contributed by atoms with Crippen LogP contribution in [-0.4, -0.2) is 23.5 Å². The molecule has 0 aliphatic rings. The molecule has 16 heavy (non-hydrogen) atoms. The summed E-state index contributed by atoms with van der Waals surface area (Å²) >= 11 is 0. The molecule has 0 aliphatic carbocycles. The minimum atomic E-state index is -0.388. The van der Waals surface area contributed by atoms with E-state index in [1.54, 1.807) is 13.8 Å². The van der Waals surface area contributed by atoms with Gasteiger partial charge in [0.2, 0.25) is 5.91 Å². The second kappa shape index (κ2) is 5.89. The standard InChI is InChI=1S/C10H14N2O4/c1-3-15-9(14)5-4-8(13)12-10-11-7(2)6-16-10/h6H,3-5H2,1-2H3,(H,11,12,13). The van der Waals surface area contributed by atoms with E-state index >= 15 is 0 Å². The summed E-state index contributed by atoms with van der Waals surface area (Å²) in [5, 5.41) is 2.44. The number of nitrogens with zero attached hydrogens (tertiary/aromatic N) is 1. The number of hydrogen-bond acceptors (Lipinski definition) is 5. The maximum atomic E-state index is 11.3. The number of carbonyl (C=O) groups is 2. The van der Waals surface area contributed by atoms with Crippen LogP contribution in [0.2, 0.25) is 0 Å². The minimum absolute atomic E-state index is 0.0549. The lowest BCUT2D eigenvalue weighted by molar-refractivity contribution is -0.144. The lowest BCUT2D eigenvalue weighted by Crippen LogP contribution is -2.14. The number of nitrogens with one attached hydrogen (secondary N) is 1. The largest absolute Gasteiger partial charge is 0.466 e. The lowest BCUT2D eigenvalue weighted by atomic mass is 10.3. The number of anilines is 1. The minimum Gasteiger partial charge on any atom is -0.466 e. The van der Waals surface area contributed by atoms with Gasteiger partial charge in [-0.2, -0.15) is 4.98 Å². The summed E-state index contributed by atoms with van der Waals surface area (Å²) in [6, 6.07) is 0.145. The van der Waals surface area contributed by atoms with Gasteiger partial charge in [-0.05, 0) is 13.8 Å². The van der Waals surface area contributed by atoms with Gasteiger partial charge in [-0.1, -0.05) is 0 Å². The van der Waals surface area contributed by atoms with Crippen LogP contribution in [0.5, 0.6) is 0 Å².